The number of aliphatic hydroxyl groups excluding tert-OH is 1. The number of hydrogen-bond donors (Lipinski definition) is 1. The van der Waals surface area contributed by atoms with Gasteiger partial charge >= 0.3 is 0 Å². The second-order valence-corrected chi connectivity index (χ2v) is 7.53. The Balaban J connectivity index is 2.06. The highest BCUT2D eigenvalue weighted by atomic mass is 19.1. The average Bonchev–Trinajstić information content (AvgIpc) is 3.05. The summed E-state index contributed by atoms with van der Waals surface area (Å²) < 4.78 is 18.9. The Labute approximate surface area is 187 Å². The number of Topliss-reactive ketones (excluding diaryl/α,β-unsaturated/α-hetero) is 1. The zero-order valence-electron chi connectivity index (χ0n) is 18.7. The van der Waals surface area contributed by atoms with Crippen molar-refractivity contribution in [2.24, 2.45) is 0 Å². The van der Waals surface area contributed by atoms with Crippen LogP contribution < -0.4 is 4.74 Å². The van der Waals surface area contributed by atoms with E-state index < -0.39 is 23.5 Å². The summed E-state index contributed by atoms with van der Waals surface area (Å²) in [5.41, 5.74) is 0.977. The van der Waals surface area contributed by atoms with E-state index in [2.05, 4.69) is 4.90 Å². The molecular weight excluding hydrogens is 411 g/mol. The molecule has 2 aromatic rings. The predicted octanol–water partition coefficient (Wildman–Crippen LogP) is 3.99. The van der Waals surface area contributed by atoms with Crippen LogP contribution in [0.2, 0.25) is 0 Å². The average molecular weight is 441 g/mol. The van der Waals surface area contributed by atoms with E-state index in [1.807, 2.05) is 20.8 Å². The van der Waals surface area contributed by atoms with Gasteiger partial charge in [0.2, 0.25) is 0 Å². The van der Waals surface area contributed by atoms with Crippen molar-refractivity contribution in [1.82, 2.24) is 9.80 Å². The van der Waals surface area contributed by atoms with Gasteiger partial charge in [-0.3, -0.25) is 9.59 Å². The third kappa shape index (κ3) is 4.83. The summed E-state index contributed by atoms with van der Waals surface area (Å²) in [6.07, 6.45) is 0. The SMILES string of the molecule is CCOc1ccc([C@@H]2/C(=C(\O)c3ccc(F)cc3)C(=O)C(=O)N2CCN(CC)CC)cc1. The zero-order chi connectivity index (χ0) is 23.3. The fourth-order valence-electron chi connectivity index (χ4n) is 3.92. The lowest BCUT2D eigenvalue weighted by atomic mass is 9.95. The second-order valence-electron chi connectivity index (χ2n) is 7.53. The number of carbonyl (C=O) groups excluding carboxylic acids is 2. The standard InChI is InChI=1S/C25H29FN2O4/c1-4-27(5-2)15-16-28-22(17-9-13-20(14-10-17)32-6-3)21(24(30)25(28)31)23(29)18-7-11-19(26)12-8-18/h7-14,22,29H,4-6,15-16H2,1-3H3/b23-21+/t22-/m1/s1. The van der Waals surface area contributed by atoms with Crippen molar-refractivity contribution in [3.8, 4) is 5.75 Å². The van der Waals surface area contributed by atoms with Crippen LogP contribution in [0.15, 0.2) is 54.1 Å². The predicted molar refractivity (Wildman–Crippen MR) is 121 cm³/mol. The van der Waals surface area contributed by atoms with Gasteiger partial charge in [0.15, 0.2) is 0 Å². The van der Waals surface area contributed by atoms with Crippen LogP contribution in [0.25, 0.3) is 5.76 Å². The molecule has 1 aliphatic rings. The normalized spacial score (nSPS) is 17.9. The van der Waals surface area contributed by atoms with Crippen LogP contribution in [-0.4, -0.2) is 59.4 Å². The van der Waals surface area contributed by atoms with Crippen molar-refractivity contribution in [3.63, 3.8) is 0 Å². The molecule has 2 aromatic carbocycles. The maximum Gasteiger partial charge on any atom is 0.295 e. The summed E-state index contributed by atoms with van der Waals surface area (Å²) in [4.78, 5) is 29.7. The zero-order valence-corrected chi connectivity index (χ0v) is 18.7. The fourth-order valence-corrected chi connectivity index (χ4v) is 3.92. The van der Waals surface area contributed by atoms with E-state index in [4.69, 9.17) is 4.74 Å². The lowest BCUT2D eigenvalue weighted by molar-refractivity contribution is -0.140. The first-order valence-electron chi connectivity index (χ1n) is 10.9. The van der Waals surface area contributed by atoms with Gasteiger partial charge in [-0.15, -0.1) is 0 Å². The number of halogens is 1. The Kier molecular flexibility index (Phi) is 7.64. The molecule has 1 fully saturated rings. The number of benzene rings is 2. The topological polar surface area (TPSA) is 70.1 Å². The van der Waals surface area contributed by atoms with Gasteiger partial charge < -0.3 is 19.6 Å². The van der Waals surface area contributed by atoms with Crippen molar-refractivity contribution in [2.75, 3.05) is 32.8 Å². The number of carbonyl (C=O) groups is 2. The van der Waals surface area contributed by atoms with Crippen LogP contribution in [0, 0.1) is 5.82 Å². The maximum absolute atomic E-state index is 13.4. The van der Waals surface area contributed by atoms with E-state index in [0.717, 1.165) is 13.1 Å². The van der Waals surface area contributed by atoms with Gasteiger partial charge in [-0.05, 0) is 62.0 Å². The van der Waals surface area contributed by atoms with Crippen LogP contribution >= 0.6 is 0 Å². The van der Waals surface area contributed by atoms with Crippen molar-refractivity contribution in [3.05, 3.63) is 71.0 Å². The van der Waals surface area contributed by atoms with Crippen molar-refractivity contribution < 1.29 is 23.8 Å². The monoisotopic (exact) mass is 440 g/mol. The first-order chi connectivity index (χ1) is 15.4. The van der Waals surface area contributed by atoms with Gasteiger partial charge in [-0.25, -0.2) is 4.39 Å². The molecule has 170 valence electrons. The van der Waals surface area contributed by atoms with Gasteiger partial charge in [-0.2, -0.15) is 0 Å². The molecule has 1 amide bonds. The molecule has 0 bridgehead atoms. The van der Waals surface area contributed by atoms with Crippen LogP contribution in [-0.2, 0) is 9.59 Å². The lowest BCUT2D eigenvalue weighted by Crippen LogP contribution is -2.38. The molecule has 1 saturated heterocycles. The van der Waals surface area contributed by atoms with E-state index in [-0.39, 0.29) is 16.9 Å². The molecule has 1 N–H and O–H groups in total. The third-order valence-corrected chi connectivity index (χ3v) is 5.72. The van der Waals surface area contributed by atoms with Crippen LogP contribution in [0.4, 0.5) is 4.39 Å². The van der Waals surface area contributed by atoms with Crippen LogP contribution in [0.1, 0.15) is 37.9 Å². The smallest absolute Gasteiger partial charge is 0.295 e. The Hall–Kier alpha value is -3.19. The molecule has 0 unspecified atom stereocenters. The number of rotatable bonds is 9. The van der Waals surface area contributed by atoms with Gasteiger partial charge in [-0.1, -0.05) is 26.0 Å². The van der Waals surface area contributed by atoms with Gasteiger partial charge in [0.25, 0.3) is 11.7 Å². The lowest BCUT2D eigenvalue weighted by Gasteiger charge is -2.28. The molecule has 3 rings (SSSR count). The third-order valence-electron chi connectivity index (χ3n) is 5.72. The first-order valence-corrected chi connectivity index (χ1v) is 10.9. The minimum absolute atomic E-state index is 0.00492. The summed E-state index contributed by atoms with van der Waals surface area (Å²) in [5, 5.41) is 11.0. The number of hydrogen-bond acceptors (Lipinski definition) is 5. The summed E-state index contributed by atoms with van der Waals surface area (Å²) in [6.45, 7) is 9.07. The Morgan fingerprint density at radius 1 is 1.03 bits per heavy atom. The minimum Gasteiger partial charge on any atom is -0.507 e. The largest absolute Gasteiger partial charge is 0.507 e. The molecule has 1 heterocycles. The molecule has 1 aliphatic heterocycles. The molecule has 1 atom stereocenters. The Bertz CT molecular complexity index is 982. The molecule has 6 nitrogen and oxygen atoms in total. The molecule has 0 spiro atoms. The van der Waals surface area contributed by atoms with Crippen LogP contribution in [0.3, 0.4) is 0 Å². The van der Waals surface area contributed by atoms with Crippen molar-refractivity contribution in [2.45, 2.75) is 26.8 Å². The van der Waals surface area contributed by atoms with Gasteiger partial charge in [0.1, 0.15) is 17.3 Å². The number of ketones is 1. The molecule has 0 aliphatic carbocycles. The van der Waals surface area contributed by atoms with Gasteiger partial charge in [0.05, 0.1) is 18.2 Å². The van der Waals surface area contributed by atoms with E-state index in [0.29, 0.717) is 31.0 Å². The quantitative estimate of drug-likeness (QED) is 0.363. The van der Waals surface area contributed by atoms with E-state index in [1.54, 1.807) is 24.3 Å². The Morgan fingerprint density at radius 3 is 2.22 bits per heavy atom. The fraction of sp³-hybridized carbons (Fsp3) is 0.360. The van der Waals surface area contributed by atoms with Crippen molar-refractivity contribution in [1.29, 1.82) is 0 Å². The number of amides is 1. The summed E-state index contributed by atoms with van der Waals surface area (Å²) in [5.74, 6) is -1.49. The first kappa shape index (κ1) is 23.5. The molecular formula is C25H29FN2O4. The number of likely N-dealkylation sites (tertiary alicyclic amines) is 1. The molecule has 0 aromatic heterocycles. The summed E-state index contributed by atoms with van der Waals surface area (Å²) >= 11 is 0. The summed E-state index contributed by atoms with van der Waals surface area (Å²) in [6, 6.07) is 11.6. The van der Waals surface area contributed by atoms with E-state index >= 15 is 0 Å². The number of nitrogens with zero attached hydrogens (tertiary/aromatic N) is 2. The molecule has 7 heteroatoms. The Morgan fingerprint density at radius 2 is 1.66 bits per heavy atom. The number of likely N-dealkylation sites (N-methyl/N-ethyl adjacent to an activating group) is 1. The number of ether oxygens (including phenoxy) is 1. The molecule has 0 radical (unpaired) electrons. The minimum atomic E-state index is -0.745. The van der Waals surface area contributed by atoms with Gasteiger partial charge in [0, 0.05) is 18.7 Å². The van der Waals surface area contributed by atoms with Crippen molar-refractivity contribution >= 4 is 17.4 Å². The highest BCUT2D eigenvalue weighted by molar-refractivity contribution is 6.46. The second kappa shape index (κ2) is 10.4. The highest BCUT2D eigenvalue weighted by Crippen LogP contribution is 2.39. The highest BCUT2D eigenvalue weighted by Gasteiger charge is 2.45. The number of aliphatic hydroxyl groups is 1. The maximum atomic E-state index is 13.4. The van der Waals surface area contributed by atoms with E-state index in [9.17, 15) is 19.1 Å². The molecule has 32 heavy (non-hydrogen) atoms. The van der Waals surface area contributed by atoms with Crippen LogP contribution in [0.5, 0.6) is 5.75 Å². The van der Waals surface area contributed by atoms with E-state index in [1.165, 1.54) is 29.2 Å². The summed E-state index contributed by atoms with van der Waals surface area (Å²) in [7, 11) is 0. The molecule has 0 saturated carbocycles.